The van der Waals surface area contributed by atoms with Crippen molar-refractivity contribution in [3.8, 4) is 0 Å². The highest BCUT2D eigenvalue weighted by Crippen LogP contribution is 2.40. The maximum Gasteiger partial charge on any atom is -0.00470 e. The van der Waals surface area contributed by atoms with Crippen LogP contribution in [0.2, 0.25) is 0 Å². The number of hydrogen-bond donors (Lipinski definition) is 0. The Balaban J connectivity index is 3.12. The highest BCUT2D eigenvalue weighted by Gasteiger charge is 2.30. The van der Waals surface area contributed by atoms with Crippen LogP contribution in [0.5, 0.6) is 0 Å². The average molecular weight is 317 g/mol. The zero-order valence-corrected chi connectivity index (χ0v) is 16.7. The summed E-state index contributed by atoms with van der Waals surface area (Å²) < 4.78 is 0. The van der Waals surface area contributed by atoms with Crippen LogP contribution in [0.3, 0.4) is 0 Å². The Kier molecular flexibility index (Phi) is 8.37. The van der Waals surface area contributed by atoms with Gasteiger partial charge in [0.2, 0.25) is 0 Å². The van der Waals surface area contributed by atoms with Gasteiger partial charge in [0.15, 0.2) is 0 Å². The molecule has 0 radical (unpaired) electrons. The van der Waals surface area contributed by atoms with E-state index in [0.29, 0.717) is 5.41 Å². The Morgan fingerprint density at radius 3 is 1.26 bits per heavy atom. The molecule has 1 rings (SSSR count). The van der Waals surface area contributed by atoms with Crippen molar-refractivity contribution in [1.29, 1.82) is 0 Å². The van der Waals surface area contributed by atoms with Crippen molar-refractivity contribution in [2.75, 3.05) is 0 Å². The van der Waals surface area contributed by atoms with E-state index >= 15 is 0 Å². The second-order valence-corrected chi connectivity index (χ2v) is 8.42. The molecule has 0 bridgehead atoms. The van der Waals surface area contributed by atoms with E-state index in [2.05, 4.69) is 65.8 Å². The predicted molar refractivity (Wildman–Crippen MR) is 105 cm³/mol. The highest BCUT2D eigenvalue weighted by molar-refractivity contribution is 5.32. The molecule has 0 amide bonds. The number of unbranched alkanes of at least 4 members (excludes halogenated alkanes) is 3. The molecule has 0 saturated carbocycles. The molecule has 0 heteroatoms. The molecule has 0 aliphatic rings. The summed E-state index contributed by atoms with van der Waals surface area (Å²) in [6.45, 7) is 13.9. The van der Waals surface area contributed by atoms with Gasteiger partial charge in [-0.05, 0) is 41.2 Å². The van der Waals surface area contributed by atoms with Crippen LogP contribution in [0.25, 0.3) is 0 Å². The molecular formula is C23H40. The van der Waals surface area contributed by atoms with Crippen molar-refractivity contribution in [2.24, 2.45) is 0 Å². The first-order valence-electron chi connectivity index (χ1n) is 10.0. The van der Waals surface area contributed by atoms with E-state index in [9.17, 15) is 0 Å². The molecule has 23 heavy (non-hydrogen) atoms. The summed E-state index contributed by atoms with van der Waals surface area (Å²) in [5.74, 6) is 0. The molecule has 0 aliphatic carbocycles. The van der Waals surface area contributed by atoms with Crippen LogP contribution in [0.4, 0.5) is 0 Å². The van der Waals surface area contributed by atoms with Gasteiger partial charge < -0.3 is 0 Å². The zero-order valence-electron chi connectivity index (χ0n) is 16.7. The van der Waals surface area contributed by atoms with Gasteiger partial charge in [-0.1, -0.05) is 104 Å². The van der Waals surface area contributed by atoms with Gasteiger partial charge in [0.25, 0.3) is 0 Å². The van der Waals surface area contributed by atoms with Crippen LogP contribution >= 0.6 is 0 Å². The third kappa shape index (κ3) is 5.98. The van der Waals surface area contributed by atoms with E-state index in [4.69, 9.17) is 0 Å². The fourth-order valence-electron chi connectivity index (χ4n) is 3.68. The van der Waals surface area contributed by atoms with Gasteiger partial charge in [0, 0.05) is 0 Å². The number of benzene rings is 1. The summed E-state index contributed by atoms with van der Waals surface area (Å²) in [6.07, 6.45) is 12.1. The van der Waals surface area contributed by atoms with Crippen molar-refractivity contribution < 1.29 is 0 Å². The van der Waals surface area contributed by atoms with Crippen molar-refractivity contribution in [3.63, 3.8) is 0 Å². The summed E-state index contributed by atoms with van der Waals surface area (Å²) in [5, 5.41) is 0. The van der Waals surface area contributed by atoms with Gasteiger partial charge in [0.1, 0.15) is 0 Å². The first-order chi connectivity index (χ1) is 10.9. The summed E-state index contributed by atoms with van der Waals surface area (Å²) >= 11 is 0. The minimum atomic E-state index is 0.247. The van der Waals surface area contributed by atoms with Crippen molar-refractivity contribution in [2.45, 2.75) is 110 Å². The summed E-state index contributed by atoms with van der Waals surface area (Å²) in [5.41, 5.74) is 3.72. The third-order valence-electron chi connectivity index (χ3n) is 5.39. The molecular weight excluding hydrogens is 276 g/mol. The SMILES string of the molecule is CCCCC(CCCC)(CCCC)c1ccc(C(C)(C)C)cc1. The maximum atomic E-state index is 2.45. The molecule has 0 unspecified atom stereocenters. The van der Waals surface area contributed by atoms with Crippen LogP contribution in [-0.4, -0.2) is 0 Å². The molecule has 132 valence electrons. The van der Waals surface area contributed by atoms with Gasteiger partial charge in [-0.25, -0.2) is 0 Å². The monoisotopic (exact) mass is 316 g/mol. The van der Waals surface area contributed by atoms with E-state index < -0.39 is 0 Å². The smallest absolute Gasteiger partial charge is 0.00470 e. The van der Waals surface area contributed by atoms with Crippen LogP contribution in [0.15, 0.2) is 24.3 Å². The van der Waals surface area contributed by atoms with Crippen LogP contribution in [0, 0.1) is 0 Å². The summed E-state index contributed by atoms with van der Waals surface area (Å²) in [4.78, 5) is 0. The number of rotatable bonds is 10. The minimum Gasteiger partial charge on any atom is -0.0654 e. The molecule has 0 nitrogen and oxygen atoms in total. The van der Waals surface area contributed by atoms with Gasteiger partial charge >= 0.3 is 0 Å². The number of hydrogen-bond acceptors (Lipinski definition) is 0. The fourth-order valence-corrected chi connectivity index (χ4v) is 3.68. The minimum absolute atomic E-state index is 0.247. The van der Waals surface area contributed by atoms with Gasteiger partial charge in [-0.3, -0.25) is 0 Å². The van der Waals surface area contributed by atoms with Crippen molar-refractivity contribution in [3.05, 3.63) is 35.4 Å². The Bertz CT molecular complexity index is 397. The standard InChI is InChI=1S/C23H40/c1-7-10-17-23(18-11-8-2,19-12-9-3)21-15-13-20(14-16-21)22(4,5)6/h13-16H,7-12,17-19H2,1-6H3. The van der Waals surface area contributed by atoms with E-state index in [-0.39, 0.29) is 5.41 Å². The molecule has 0 aromatic heterocycles. The normalized spacial score (nSPS) is 12.6. The fraction of sp³-hybridized carbons (Fsp3) is 0.739. The van der Waals surface area contributed by atoms with Crippen LogP contribution in [-0.2, 0) is 10.8 Å². The molecule has 1 aromatic rings. The molecule has 0 fully saturated rings. The quantitative estimate of drug-likeness (QED) is 0.413. The predicted octanol–water partition coefficient (Wildman–Crippen LogP) is 7.79. The van der Waals surface area contributed by atoms with E-state index in [1.54, 1.807) is 5.56 Å². The molecule has 0 spiro atoms. The lowest BCUT2D eigenvalue weighted by atomic mass is 9.69. The molecule has 0 atom stereocenters. The Labute approximate surface area is 146 Å². The first-order valence-corrected chi connectivity index (χ1v) is 10.0. The Morgan fingerprint density at radius 2 is 0.957 bits per heavy atom. The van der Waals surface area contributed by atoms with Gasteiger partial charge in [-0.15, -0.1) is 0 Å². The first kappa shape index (κ1) is 20.3. The molecule has 1 aromatic carbocycles. The molecule has 0 heterocycles. The maximum absolute atomic E-state index is 2.45. The third-order valence-corrected chi connectivity index (χ3v) is 5.39. The lowest BCUT2D eigenvalue weighted by molar-refractivity contribution is 0.309. The van der Waals surface area contributed by atoms with E-state index in [1.807, 2.05) is 0 Å². The second kappa shape index (κ2) is 9.50. The largest absolute Gasteiger partial charge is 0.0654 e. The van der Waals surface area contributed by atoms with Crippen molar-refractivity contribution in [1.82, 2.24) is 0 Å². The highest BCUT2D eigenvalue weighted by atomic mass is 14.3. The molecule has 0 N–H and O–H groups in total. The van der Waals surface area contributed by atoms with E-state index in [0.717, 1.165) is 0 Å². The molecule has 0 aliphatic heterocycles. The lowest BCUT2D eigenvalue weighted by Crippen LogP contribution is -2.27. The molecule has 0 saturated heterocycles. The van der Waals surface area contributed by atoms with Crippen LogP contribution in [0.1, 0.15) is 110 Å². The zero-order chi connectivity index (χ0) is 17.3. The second-order valence-electron chi connectivity index (χ2n) is 8.42. The average Bonchev–Trinajstić information content (AvgIpc) is 2.54. The summed E-state index contributed by atoms with van der Waals surface area (Å²) in [7, 11) is 0. The Hall–Kier alpha value is -0.780. The van der Waals surface area contributed by atoms with E-state index in [1.165, 1.54) is 63.4 Å². The Morgan fingerprint density at radius 1 is 0.609 bits per heavy atom. The van der Waals surface area contributed by atoms with Gasteiger partial charge in [-0.2, -0.15) is 0 Å². The van der Waals surface area contributed by atoms with Gasteiger partial charge in [0.05, 0.1) is 0 Å². The lowest BCUT2D eigenvalue weighted by Gasteiger charge is -2.36. The summed E-state index contributed by atoms with van der Waals surface area (Å²) in [6, 6.07) is 9.66. The topological polar surface area (TPSA) is 0 Å². The van der Waals surface area contributed by atoms with Crippen molar-refractivity contribution >= 4 is 0 Å². The van der Waals surface area contributed by atoms with Crippen LogP contribution < -0.4 is 0 Å².